The molecule has 4 aliphatic heterocycles. The average Bonchev–Trinajstić information content (AvgIpc) is 3.44. The number of carbonyl (C=O) groups excluding carboxylic acids is 1. The number of halogens is 2. The molecule has 1 aliphatic carbocycles. The second kappa shape index (κ2) is 18.9. The Hall–Kier alpha value is -1.39. The monoisotopic (exact) mass is 787 g/mol. The Morgan fingerprint density at radius 1 is 0.944 bits per heavy atom. The van der Waals surface area contributed by atoms with Crippen LogP contribution in [0.3, 0.4) is 0 Å². The highest BCUT2D eigenvalue weighted by Crippen LogP contribution is 2.34. The summed E-state index contributed by atoms with van der Waals surface area (Å²) in [4.78, 5) is 12.7. The fraction of sp³-hybridized carbons (Fsp3) is 0.969. The van der Waals surface area contributed by atoms with Gasteiger partial charge < -0.3 is 97.9 Å². The van der Waals surface area contributed by atoms with E-state index in [0.29, 0.717) is 51.9 Å². The standard InChI is InChI=1S/C32H59F2N7O13/c33-32(34,12-35)26(46)27(47)41-17-9-16(37)23(52-28-15(36)2-1-14(50-28)10-40-13-31(48)4-6-39-7-5-31)25(21(17)44)54-30-22(45)24(19(11-42)51-30)53-29-20(38)18(43)3-8-49-29/h14-26,28-30,39-40,42-46,48H,1-13,35-38H2,(H,41,47)/t14-,15+,16-,17+,18-,19+,20+,21-,22+,23+,24+,25+,26+,28+,29+,30-/m0/s1. The number of nitrogens with two attached hydrogens (primary N) is 4. The molecular weight excluding hydrogens is 728 g/mol. The van der Waals surface area contributed by atoms with E-state index in [9.17, 15) is 44.2 Å². The molecule has 20 nitrogen and oxygen atoms in total. The van der Waals surface area contributed by atoms with Crippen LogP contribution in [0, 0.1) is 0 Å². The van der Waals surface area contributed by atoms with Gasteiger partial charge in [0.2, 0.25) is 0 Å². The van der Waals surface area contributed by atoms with E-state index >= 15 is 0 Å². The van der Waals surface area contributed by atoms with Gasteiger partial charge in [0.1, 0.15) is 36.6 Å². The van der Waals surface area contributed by atoms with Gasteiger partial charge in [-0.2, -0.15) is 0 Å². The van der Waals surface area contributed by atoms with Crippen LogP contribution >= 0.6 is 0 Å². The lowest BCUT2D eigenvalue weighted by atomic mass is 9.83. The largest absolute Gasteiger partial charge is 0.394 e. The van der Waals surface area contributed by atoms with Crippen LogP contribution in [-0.4, -0.2) is 192 Å². The van der Waals surface area contributed by atoms with Crippen LogP contribution in [0.2, 0.25) is 0 Å². The van der Waals surface area contributed by atoms with E-state index in [1.54, 1.807) is 0 Å². The molecule has 5 aliphatic rings. The number of amides is 1. The van der Waals surface area contributed by atoms with E-state index in [1.807, 2.05) is 0 Å². The maximum absolute atomic E-state index is 14.1. The van der Waals surface area contributed by atoms with Crippen molar-refractivity contribution < 1.29 is 72.6 Å². The number of piperidine rings is 1. The van der Waals surface area contributed by atoms with Crippen LogP contribution in [0.1, 0.15) is 38.5 Å². The maximum Gasteiger partial charge on any atom is 0.294 e. The van der Waals surface area contributed by atoms with Gasteiger partial charge in [-0.05, 0) is 51.6 Å². The first-order chi connectivity index (χ1) is 25.6. The van der Waals surface area contributed by atoms with Crippen LogP contribution in [0.15, 0.2) is 0 Å². The van der Waals surface area contributed by atoms with Gasteiger partial charge in [0.05, 0.1) is 55.7 Å². The number of nitrogens with one attached hydrogen (secondary N) is 3. The zero-order valence-corrected chi connectivity index (χ0v) is 30.0. The first-order valence-corrected chi connectivity index (χ1v) is 18.6. The van der Waals surface area contributed by atoms with Crippen LogP contribution in [0.4, 0.5) is 8.78 Å². The van der Waals surface area contributed by atoms with Gasteiger partial charge in [-0.25, -0.2) is 8.78 Å². The SMILES string of the molecule is NCC(F)(F)[C@H](O)C(=O)N[C@@H]1C[C@H](N)[C@@H](O[C@H]2O[C@H](CNCC3(O)CCNCC3)CC[C@H]2N)[C@H](O[C@@H]2O[C@H](CO)[C@@H](O[C@H]3OCC[C@H](O)[C@H]3N)[C@H]2O)[C@H]1O. The maximum atomic E-state index is 14.1. The normalized spacial score (nSPS) is 42.4. The highest BCUT2D eigenvalue weighted by molar-refractivity contribution is 5.82. The fourth-order valence-electron chi connectivity index (χ4n) is 7.49. The molecule has 0 aromatic heterocycles. The highest BCUT2D eigenvalue weighted by atomic mass is 19.3. The number of hydrogen-bond donors (Lipinski definition) is 13. The number of aliphatic hydroxyl groups is 6. The minimum Gasteiger partial charge on any atom is -0.394 e. The summed E-state index contributed by atoms with van der Waals surface area (Å²) in [5.74, 6) is -5.51. The molecule has 0 bridgehead atoms. The Labute approximate surface area is 311 Å². The van der Waals surface area contributed by atoms with Gasteiger partial charge in [-0.1, -0.05) is 0 Å². The quantitative estimate of drug-likeness (QED) is 0.0734. The van der Waals surface area contributed by atoms with Gasteiger partial charge in [-0.3, -0.25) is 4.79 Å². The summed E-state index contributed by atoms with van der Waals surface area (Å²) in [6, 6.07) is -4.12. The Kier molecular flexibility index (Phi) is 15.3. The lowest BCUT2D eigenvalue weighted by Crippen LogP contribution is -2.67. The van der Waals surface area contributed by atoms with Gasteiger partial charge in [-0.15, -0.1) is 0 Å². The molecule has 16 atom stereocenters. The summed E-state index contributed by atoms with van der Waals surface area (Å²) in [6.45, 7) is 0.240. The van der Waals surface area contributed by atoms with Crippen molar-refractivity contribution in [2.75, 3.05) is 45.9 Å². The van der Waals surface area contributed by atoms with Crippen molar-refractivity contribution in [1.82, 2.24) is 16.0 Å². The molecule has 17 N–H and O–H groups in total. The lowest BCUT2D eigenvalue weighted by Gasteiger charge is -2.47. The average molecular weight is 788 g/mol. The van der Waals surface area contributed by atoms with Crippen molar-refractivity contribution in [2.45, 2.75) is 148 Å². The fourth-order valence-corrected chi connectivity index (χ4v) is 7.49. The summed E-state index contributed by atoms with van der Waals surface area (Å²) in [7, 11) is 0. The van der Waals surface area contributed by atoms with Crippen molar-refractivity contribution in [2.24, 2.45) is 22.9 Å². The van der Waals surface area contributed by atoms with Crippen molar-refractivity contribution in [3.63, 3.8) is 0 Å². The summed E-state index contributed by atoms with van der Waals surface area (Å²) < 4.78 is 63.9. The van der Waals surface area contributed by atoms with Crippen molar-refractivity contribution in [1.29, 1.82) is 0 Å². The predicted molar refractivity (Wildman–Crippen MR) is 181 cm³/mol. The van der Waals surface area contributed by atoms with Crippen LogP contribution in [0.5, 0.6) is 0 Å². The van der Waals surface area contributed by atoms with Gasteiger partial charge in [0.15, 0.2) is 25.0 Å². The van der Waals surface area contributed by atoms with Crippen LogP contribution in [0.25, 0.3) is 0 Å². The van der Waals surface area contributed by atoms with Crippen molar-refractivity contribution in [3.8, 4) is 0 Å². The molecule has 0 unspecified atom stereocenters. The molecule has 1 amide bonds. The molecule has 5 rings (SSSR count). The third-order valence-corrected chi connectivity index (χ3v) is 10.9. The molecular formula is C32H59F2N7O13. The first-order valence-electron chi connectivity index (χ1n) is 18.6. The minimum absolute atomic E-state index is 0.110. The van der Waals surface area contributed by atoms with Gasteiger partial charge in [0.25, 0.3) is 11.8 Å². The summed E-state index contributed by atoms with van der Waals surface area (Å²) in [6.07, 6.45) is -14.6. The molecule has 314 valence electrons. The Bertz CT molecular complexity index is 1200. The number of carbonyl (C=O) groups is 1. The number of hydrogen-bond acceptors (Lipinski definition) is 19. The number of alkyl halides is 2. The minimum atomic E-state index is -3.98. The van der Waals surface area contributed by atoms with Crippen molar-refractivity contribution >= 4 is 5.91 Å². The third-order valence-electron chi connectivity index (χ3n) is 10.9. The number of aliphatic hydroxyl groups excluding tert-OH is 5. The van der Waals surface area contributed by atoms with E-state index in [1.165, 1.54) is 0 Å². The van der Waals surface area contributed by atoms with E-state index in [-0.39, 0.29) is 19.4 Å². The molecule has 0 aromatic rings. The van der Waals surface area contributed by atoms with Crippen molar-refractivity contribution in [3.05, 3.63) is 0 Å². The smallest absolute Gasteiger partial charge is 0.294 e. The van der Waals surface area contributed by atoms with Crippen LogP contribution in [-0.2, 0) is 33.2 Å². The predicted octanol–water partition coefficient (Wildman–Crippen LogP) is -6.28. The molecule has 1 saturated carbocycles. The molecule has 4 saturated heterocycles. The lowest BCUT2D eigenvalue weighted by molar-refractivity contribution is -0.288. The van der Waals surface area contributed by atoms with E-state index < -0.39 is 129 Å². The first kappa shape index (κ1) is 43.7. The molecule has 4 heterocycles. The molecule has 0 radical (unpaired) electrons. The summed E-state index contributed by atoms with van der Waals surface area (Å²) >= 11 is 0. The Morgan fingerprint density at radius 3 is 2.31 bits per heavy atom. The molecule has 5 fully saturated rings. The second-order valence-corrected chi connectivity index (χ2v) is 15.0. The number of ether oxygens (including phenoxy) is 6. The molecule has 22 heteroatoms. The van der Waals surface area contributed by atoms with E-state index in [2.05, 4.69) is 16.0 Å². The molecule has 0 aromatic carbocycles. The zero-order valence-electron chi connectivity index (χ0n) is 30.0. The third kappa shape index (κ3) is 10.4. The van der Waals surface area contributed by atoms with E-state index in [4.69, 9.17) is 51.4 Å². The van der Waals surface area contributed by atoms with Crippen LogP contribution < -0.4 is 38.9 Å². The summed E-state index contributed by atoms with van der Waals surface area (Å²) in [5, 5.41) is 72.7. The van der Waals surface area contributed by atoms with Gasteiger partial charge >= 0.3 is 0 Å². The number of rotatable bonds is 15. The summed E-state index contributed by atoms with van der Waals surface area (Å²) in [5.41, 5.74) is 23.2. The van der Waals surface area contributed by atoms with E-state index in [0.717, 1.165) is 0 Å². The Morgan fingerprint density at radius 2 is 1.63 bits per heavy atom. The topological polar surface area (TPSA) is 334 Å². The molecule has 54 heavy (non-hydrogen) atoms. The second-order valence-electron chi connectivity index (χ2n) is 15.0. The highest BCUT2D eigenvalue weighted by Gasteiger charge is 2.54. The molecule has 0 spiro atoms. The Balaban J connectivity index is 1.31. The van der Waals surface area contributed by atoms with Gasteiger partial charge in [0, 0.05) is 19.1 Å². The zero-order chi connectivity index (χ0) is 39.4.